The summed E-state index contributed by atoms with van der Waals surface area (Å²) in [5.74, 6) is 0.508. The van der Waals surface area contributed by atoms with Crippen molar-refractivity contribution < 1.29 is 4.79 Å². The molecule has 25 heavy (non-hydrogen) atoms. The number of hydrogen-bond donors (Lipinski definition) is 0. The van der Waals surface area contributed by atoms with Gasteiger partial charge in [0.25, 0.3) is 0 Å². The molecule has 0 fully saturated rings. The highest BCUT2D eigenvalue weighted by Crippen LogP contribution is 2.49. The molecule has 0 saturated carbocycles. The van der Waals surface area contributed by atoms with E-state index in [0.717, 1.165) is 16.7 Å². The summed E-state index contributed by atoms with van der Waals surface area (Å²) in [4.78, 5) is 12.1. The molecule has 0 aromatic heterocycles. The van der Waals surface area contributed by atoms with Crippen LogP contribution in [0.25, 0.3) is 0 Å². The first-order valence-electron chi connectivity index (χ1n) is 8.56. The molecule has 0 aliphatic heterocycles. The topological polar surface area (TPSA) is 17.1 Å². The smallest absolute Gasteiger partial charge is 0.193 e. The molecule has 0 saturated heterocycles. The second-order valence-electron chi connectivity index (χ2n) is 6.86. The fraction of sp³-hybridized carbons (Fsp3) is 0.174. The maximum Gasteiger partial charge on any atom is 0.193 e. The first kappa shape index (κ1) is 16.1. The maximum atomic E-state index is 12.9. The molecule has 1 nitrogen and oxygen atoms in total. The molecule has 4 rings (SSSR count). The quantitative estimate of drug-likeness (QED) is 0.529. The van der Waals surface area contributed by atoms with E-state index >= 15 is 0 Å². The lowest BCUT2D eigenvalue weighted by atomic mass is 9.73. The molecule has 0 unspecified atom stereocenters. The SMILES string of the molecule is CC(C)c1ccc(C2(Cl)c3ccccc3C(=O)c3ccccc32)cc1. The van der Waals surface area contributed by atoms with E-state index in [1.807, 2.05) is 48.5 Å². The standard InChI is InChI=1S/C23H19ClO/c1-15(2)16-11-13-17(14-12-16)23(24)20-9-5-3-7-18(20)22(25)19-8-4-6-10-21(19)23/h3-15H,1-2H3. The summed E-state index contributed by atoms with van der Waals surface area (Å²) in [5, 5.41) is 0. The number of carbonyl (C=O) groups is 1. The van der Waals surface area contributed by atoms with Gasteiger partial charge in [0.1, 0.15) is 4.87 Å². The predicted octanol–water partition coefficient (Wildman–Crippen LogP) is 5.89. The van der Waals surface area contributed by atoms with Crippen LogP contribution in [0.1, 0.15) is 57.9 Å². The summed E-state index contributed by atoms with van der Waals surface area (Å²) in [6.07, 6.45) is 0. The second-order valence-corrected chi connectivity index (χ2v) is 7.42. The number of alkyl halides is 1. The Bertz CT molecular complexity index is 904. The average Bonchev–Trinajstić information content (AvgIpc) is 2.66. The van der Waals surface area contributed by atoms with Crippen LogP contribution >= 0.6 is 11.6 Å². The van der Waals surface area contributed by atoms with Crippen LogP contribution in [-0.2, 0) is 4.87 Å². The van der Waals surface area contributed by atoms with Crippen molar-refractivity contribution in [3.8, 4) is 0 Å². The molecule has 3 aromatic rings. The number of benzene rings is 3. The van der Waals surface area contributed by atoms with E-state index in [9.17, 15) is 4.79 Å². The Balaban J connectivity index is 2.00. The molecule has 0 atom stereocenters. The first-order chi connectivity index (χ1) is 12.0. The Kier molecular flexibility index (Phi) is 3.77. The number of halogens is 1. The Morgan fingerprint density at radius 3 is 1.72 bits per heavy atom. The van der Waals surface area contributed by atoms with Crippen molar-refractivity contribution in [3.63, 3.8) is 0 Å². The Hall–Kier alpha value is -2.38. The molecule has 0 N–H and O–H groups in total. The number of carbonyl (C=O) groups excluding carboxylic acids is 1. The van der Waals surface area contributed by atoms with Crippen LogP contribution in [-0.4, -0.2) is 5.78 Å². The van der Waals surface area contributed by atoms with E-state index in [1.165, 1.54) is 5.56 Å². The summed E-state index contributed by atoms with van der Waals surface area (Å²) >= 11 is 7.31. The van der Waals surface area contributed by atoms with Crippen LogP contribution in [0.2, 0.25) is 0 Å². The van der Waals surface area contributed by atoms with E-state index < -0.39 is 4.87 Å². The van der Waals surface area contributed by atoms with Crippen molar-refractivity contribution in [2.24, 2.45) is 0 Å². The second kappa shape index (κ2) is 5.86. The van der Waals surface area contributed by atoms with Crippen molar-refractivity contribution in [2.45, 2.75) is 24.6 Å². The number of hydrogen-bond acceptors (Lipinski definition) is 1. The van der Waals surface area contributed by atoms with Gasteiger partial charge in [-0.2, -0.15) is 0 Å². The minimum absolute atomic E-state index is 0.0428. The zero-order valence-electron chi connectivity index (χ0n) is 14.3. The monoisotopic (exact) mass is 346 g/mol. The molecule has 0 bridgehead atoms. The predicted molar refractivity (Wildman–Crippen MR) is 103 cm³/mol. The highest BCUT2D eigenvalue weighted by molar-refractivity contribution is 6.31. The van der Waals surface area contributed by atoms with Crippen LogP contribution in [0, 0.1) is 0 Å². The molecule has 0 spiro atoms. The van der Waals surface area contributed by atoms with Gasteiger partial charge in [-0.15, -0.1) is 11.6 Å². The molecular weight excluding hydrogens is 328 g/mol. The molecule has 1 aliphatic carbocycles. The number of fused-ring (bicyclic) bond motifs is 2. The van der Waals surface area contributed by atoms with E-state index in [1.54, 1.807) is 0 Å². The van der Waals surface area contributed by atoms with E-state index in [2.05, 4.69) is 38.1 Å². The third-order valence-electron chi connectivity index (χ3n) is 5.06. The van der Waals surface area contributed by atoms with E-state index in [4.69, 9.17) is 11.6 Å². The minimum Gasteiger partial charge on any atom is -0.289 e. The molecule has 0 heterocycles. The van der Waals surface area contributed by atoms with Gasteiger partial charge in [0, 0.05) is 11.1 Å². The van der Waals surface area contributed by atoms with Crippen LogP contribution < -0.4 is 0 Å². The van der Waals surface area contributed by atoms with Crippen molar-refractivity contribution >= 4 is 17.4 Å². The van der Waals surface area contributed by atoms with Gasteiger partial charge in [0.05, 0.1) is 0 Å². The zero-order chi connectivity index (χ0) is 17.6. The molecule has 0 radical (unpaired) electrons. The average molecular weight is 347 g/mol. The van der Waals surface area contributed by atoms with Crippen LogP contribution in [0.15, 0.2) is 72.8 Å². The van der Waals surface area contributed by atoms with Crippen molar-refractivity contribution in [2.75, 3.05) is 0 Å². The summed E-state index contributed by atoms with van der Waals surface area (Å²) < 4.78 is 0. The summed E-state index contributed by atoms with van der Waals surface area (Å²) in [6, 6.07) is 23.8. The lowest BCUT2D eigenvalue weighted by molar-refractivity contribution is 0.103. The van der Waals surface area contributed by atoms with Gasteiger partial charge >= 0.3 is 0 Å². The molecule has 3 aromatic carbocycles. The summed E-state index contributed by atoms with van der Waals surface area (Å²) in [5.41, 5.74) is 5.35. The van der Waals surface area contributed by atoms with Gasteiger partial charge < -0.3 is 0 Å². The third kappa shape index (κ3) is 2.34. The normalized spacial score (nSPS) is 15.0. The van der Waals surface area contributed by atoms with Crippen LogP contribution in [0.5, 0.6) is 0 Å². The molecule has 124 valence electrons. The Morgan fingerprint density at radius 2 is 1.24 bits per heavy atom. The van der Waals surface area contributed by atoms with Crippen LogP contribution in [0.3, 0.4) is 0 Å². The van der Waals surface area contributed by atoms with Gasteiger partial charge in [-0.3, -0.25) is 4.79 Å². The summed E-state index contributed by atoms with van der Waals surface area (Å²) in [6.45, 7) is 4.35. The zero-order valence-corrected chi connectivity index (χ0v) is 15.0. The third-order valence-corrected chi connectivity index (χ3v) is 5.69. The van der Waals surface area contributed by atoms with Gasteiger partial charge in [-0.25, -0.2) is 0 Å². The van der Waals surface area contributed by atoms with E-state index in [0.29, 0.717) is 17.0 Å². The maximum absolute atomic E-state index is 12.9. The Labute approximate surface area is 153 Å². The van der Waals surface area contributed by atoms with Gasteiger partial charge in [-0.1, -0.05) is 86.6 Å². The number of rotatable bonds is 2. The highest BCUT2D eigenvalue weighted by atomic mass is 35.5. The van der Waals surface area contributed by atoms with Crippen molar-refractivity contribution in [3.05, 3.63) is 106 Å². The van der Waals surface area contributed by atoms with Crippen molar-refractivity contribution in [1.29, 1.82) is 0 Å². The Morgan fingerprint density at radius 1 is 0.760 bits per heavy atom. The fourth-order valence-electron chi connectivity index (χ4n) is 3.66. The van der Waals surface area contributed by atoms with Gasteiger partial charge in [0.15, 0.2) is 5.78 Å². The fourth-order valence-corrected chi connectivity index (χ4v) is 4.12. The number of ketones is 1. The largest absolute Gasteiger partial charge is 0.289 e. The molecular formula is C23H19ClO. The molecule has 0 amide bonds. The van der Waals surface area contributed by atoms with E-state index in [-0.39, 0.29) is 5.78 Å². The van der Waals surface area contributed by atoms with Crippen LogP contribution in [0.4, 0.5) is 0 Å². The highest BCUT2D eigenvalue weighted by Gasteiger charge is 2.43. The molecule has 1 aliphatic rings. The summed E-state index contributed by atoms with van der Waals surface area (Å²) in [7, 11) is 0. The first-order valence-corrected chi connectivity index (χ1v) is 8.94. The molecule has 2 heteroatoms. The van der Waals surface area contributed by atoms with Crippen molar-refractivity contribution in [1.82, 2.24) is 0 Å². The van der Waals surface area contributed by atoms with Gasteiger partial charge in [0.2, 0.25) is 0 Å². The lowest BCUT2D eigenvalue weighted by Gasteiger charge is -2.35. The van der Waals surface area contributed by atoms with Gasteiger partial charge in [-0.05, 0) is 28.2 Å². The lowest BCUT2D eigenvalue weighted by Crippen LogP contribution is -2.32. The minimum atomic E-state index is -0.851.